The van der Waals surface area contributed by atoms with E-state index in [2.05, 4.69) is 25.6 Å². The number of nitrogens with one attached hydrogen (secondary N) is 1. The van der Waals surface area contributed by atoms with Gasteiger partial charge in [-0.2, -0.15) is 5.21 Å². The highest BCUT2D eigenvalue weighted by Gasteiger charge is 2.06. The van der Waals surface area contributed by atoms with E-state index in [9.17, 15) is 5.11 Å². The molecule has 8 nitrogen and oxygen atoms in total. The molecule has 94 valence electrons. The Balaban J connectivity index is 2.38. The highest BCUT2D eigenvalue weighted by molar-refractivity contribution is 5.95. The monoisotopic (exact) mass is 248 g/mol. The molecule has 0 unspecified atom stereocenters. The van der Waals surface area contributed by atoms with Gasteiger partial charge in [-0.15, -0.1) is 5.10 Å². The van der Waals surface area contributed by atoms with E-state index in [1.165, 1.54) is 14.2 Å². The first-order chi connectivity index (χ1) is 8.74. The zero-order chi connectivity index (χ0) is 13.0. The van der Waals surface area contributed by atoms with Gasteiger partial charge < -0.3 is 14.6 Å². The van der Waals surface area contributed by atoms with Crippen LogP contribution in [0.1, 0.15) is 5.56 Å². The third-order valence-corrected chi connectivity index (χ3v) is 2.17. The lowest BCUT2D eigenvalue weighted by molar-refractivity contribution is -0.212. The third-order valence-electron chi connectivity index (χ3n) is 2.17. The van der Waals surface area contributed by atoms with Gasteiger partial charge in [-0.1, -0.05) is 5.10 Å². The minimum Gasteiger partial charge on any atom is -0.858 e. The van der Waals surface area contributed by atoms with Crippen LogP contribution < -0.4 is 14.6 Å². The molecule has 1 heterocycles. The minimum absolute atomic E-state index is 0.0297. The fourth-order valence-corrected chi connectivity index (χ4v) is 1.33. The second-order valence-electron chi connectivity index (χ2n) is 3.19. The quantitative estimate of drug-likeness (QED) is 0.585. The fraction of sp³-hybridized carbons (Fsp3) is 0.200. The molecule has 2 aromatic rings. The van der Waals surface area contributed by atoms with Gasteiger partial charge in [0.25, 0.3) is 5.95 Å². The number of aliphatic imine (C=N–C) groups is 1. The second kappa shape index (κ2) is 5.13. The summed E-state index contributed by atoms with van der Waals surface area (Å²) >= 11 is 0. The summed E-state index contributed by atoms with van der Waals surface area (Å²) in [5.74, 6) is 0.406. The molecule has 0 saturated carbocycles. The van der Waals surface area contributed by atoms with Gasteiger partial charge in [-0.25, -0.2) is 4.99 Å². The normalized spacial score (nSPS) is 11.3. The van der Waals surface area contributed by atoms with Gasteiger partial charge in [0.1, 0.15) is 11.5 Å². The molecule has 0 amide bonds. The van der Waals surface area contributed by atoms with Crippen molar-refractivity contribution in [3.8, 4) is 11.5 Å². The molecule has 0 radical (unpaired) electrons. The summed E-state index contributed by atoms with van der Waals surface area (Å²) in [6.07, 6.45) is 0. The van der Waals surface area contributed by atoms with Crippen LogP contribution in [0.2, 0.25) is 0 Å². The number of aromatic nitrogens is 4. The zero-order valence-electron chi connectivity index (χ0n) is 9.75. The van der Waals surface area contributed by atoms with Gasteiger partial charge in [-0.05, 0) is 17.3 Å². The number of nitrogens with zero attached hydrogens (tertiary/aromatic N) is 4. The number of ether oxygens (including phenoxy) is 2. The van der Waals surface area contributed by atoms with Gasteiger partial charge in [0.05, 0.1) is 14.2 Å². The smallest absolute Gasteiger partial charge is 0.288 e. The molecule has 0 atom stereocenters. The zero-order valence-corrected chi connectivity index (χ0v) is 9.75. The Bertz CT molecular complexity index is 553. The Labute approximate surface area is 102 Å². The topological polar surface area (TPSA) is 108 Å². The SMILES string of the molecule is COc1ccc(C([O-])=Nc2nn[nH]n2)c(OC)c1. The van der Waals surface area contributed by atoms with E-state index in [0.717, 1.165) is 0 Å². The predicted molar refractivity (Wildman–Crippen MR) is 59.9 cm³/mol. The number of hydrogen-bond donors (Lipinski definition) is 1. The molecule has 1 N–H and O–H groups in total. The van der Waals surface area contributed by atoms with E-state index in [0.29, 0.717) is 17.1 Å². The summed E-state index contributed by atoms with van der Waals surface area (Å²) in [6, 6.07) is 4.80. The number of methoxy groups -OCH3 is 2. The van der Waals surface area contributed by atoms with E-state index in [4.69, 9.17) is 9.47 Å². The Kier molecular flexibility index (Phi) is 3.37. The van der Waals surface area contributed by atoms with Crippen LogP contribution in [0.3, 0.4) is 0 Å². The molecule has 2 rings (SSSR count). The predicted octanol–water partition coefficient (Wildman–Crippen LogP) is -0.345. The molecular weight excluding hydrogens is 238 g/mol. The van der Waals surface area contributed by atoms with Crippen LogP contribution in [-0.2, 0) is 0 Å². The summed E-state index contributed by atoms with van der Waals surface area (Å²) in [4.78, 5) is 3.68. The van der Waals surface area contributed by atoms with Crippen molar-refractivity contribution in [2.45, 2.75) is 0 Å². The Morgan fingerprint density at radius 1 is 1.33 bits per heavy atom. The van der Waals surface area contributed by atoms with Gasteiger partial charge in [0.2, 0.25) is 0 Å². The van der Waals surface area contributed by atoms with E-state index in [-0.39, 0.29) is 5.95 Å². The summed E-state index contributed by atoms with van der Waals surface area (Å²) in [6.45, 7) is 0. The van der Waals surface area contributed by atoms with Crippen molar-refractivity contribution in [3.63, 3.8) is 0 Å². The van der Waals surface area contributed by atoms with Gasteiger partial charge in [-0.3, -0.25) is 0 Å². The lowest BCUT2D eigenvalue weighted by Gasteiger charge is -2.14. The molecular formula is C10H10N5O3-. The standard InChI is InChI=1S/C10H11N5O3/c1-17-6-3-4-7(8(5-6)18-2)9(16)11-10-12-14-15-13-10/h3-5H,1-2H3,(H2,11,12,13,14,15,16)/p-1. The molecule has 0 spiro atoms. The second-order valence-corrected chi connectivity index (χ2v) is 3.19. The summed E-state index contributed by atoms with van der Waals surface area (Å²) in [5.41, 5.74) is 0.295. The first-order valence-corrected chi connectivity index (χ1v) is 4.96. The molecule has 18 heavy (non-hydrogen) atoms. The number of hydrogen-bond acceptors (Lipinski definition) is 7. The maximum atomic E-state index is 11.9. The summed E-state index contributed by atoms with van der Waals surface area (Å²) in [7, 11) is 2.99. The van der Waals surface area contributed by atoms with Gasteiger partial charge in [0, 0.05) is 17.5 Å². The van der Waals surface area contributed by atoms with Crippen LogP contribution in [0, 0.1) is 0 Å². The summed E-state index contributed by atoms with van der Waals surface area (Å²) in [5, 5.41) is 24.5. The van der Waals surface area contributed by atoms with Crippen LogP contribution in [0.4, 0.5) is 5.95 Å². The molecule has 0 fully saturated rings. The average molecular weight is 248 g/mol. The van der Waals surface area contributed by atoms with E-state index in [1.807, 2.05) is 0 Å². The van der Waals surface area contributed by atoms with Crippen LogP contribution >= 0.6 is 0 Å². The first-order valence-electron chi connectivity index (χ1n) is 4.96. The van der Waals surface area contributed by atoms with Crippen molar-refractivity contribution in [3.05, 3.63) is 23.8 Å². The lowest BCUT2D eigenvalue weighted by Crippen LogP contribution is -2.19. The summed E-state index contributed by atoms with van der Waals surface area (Å²) < 4.78 is 10.1. The fourth-order valence-electron chi connectivity index (χ4n) is 1.33. The van der Waals surface area contributed by atoms with Crippen molar-refractivity contribution < 1.29 is 14.6 Å². The van der Waals surface area contributed by atoms with E-state index < -0.39 is 5.90 Å². The van der Waals surface area contributed by atoms with E-state index >= 15 is 0 Å². The molecule has 8 heteroatoms. The average Bonchev–Trinajstić information content (AvgIpc) is 2.90. The number of tetrazole rings is 1. The lowest BCUT2D eigenvalue weighted by atomic mass is 10.2. The van der Waals surface area contributed by atoms with Gasteiger partial charge in [0.15, 0.2) is 0 Å². The Morgan fingerprint density at radius 2 is 2.17 bits per heavy atom. The molecule has 0 bridgehead atoms. The molecule has 0 aliphatic rings. The van der Waals surface area contributed by atoms with Crippen LogP contribution in [-0.4, -0.2) is 40.7 Å². The third kappa shape index (κ3) is 2.37. The molecule has 1 aromatic heterocycles. The number of aromatic amines is 1. The van der Waals surface area contributed by atoms with Crippen LogP contribution in [0.15, 0.2) is 23.2 Å². The first kappa shape index (κ1) is 11.8. The number of rotatable bonds is 4. The van der Waals surface area contributed by atoms with Crippen LogP contribution in [0.5, 0.6) is 11.5 Å². The van der Waals surface area contributed by atoms with Crippen molar-refractivity contribution in [2.24, 2.45) is 4.99 Å². The van der Waals surface area contributed by atoms with Crippen molar-refractivity contribution in [2.75, 3.05) is 14.2 Å². The molecule has 0 aliphatic carbocycles. The maximum Gasteiger partial charge on any atom is 0.288 e. The number of benzene rings is 1. The Hall–Kier alpha value is -2.64. The highest BCUT2D eigenvalue weighted by Crippen LogP contribution is 2.24. The van der Waals surface area contributed by atoms with Gasteiger partial charge >= 0.3 is 0 Å². The van der Waals surface area contributed by atoms with Crippen molar-refractivity contribution >= 4 is 11.8 Å². The minimum atomic E-state index is -0.518. The molecule has 0 saturated heterocycles. The molecule has 0 aliphatic heterocycles. The largest absolute Gasteiger partial charge is 0.858 e. The Morgan fingerprint density at radius 3 is 2.78 bits per heavy atom. The van der Waals surface area contributed by atoms with E-state index in [1.54, 1.807) is 18.2 Å². The van der Waals surface area contributed by atoms with Crippen LogP contribution in [0.25, 0.3) is 0 Å². The maximum absolute atomic E-state index is 11.9. The number of H-pyrrole nitrogens is 1. The van der Waals surface area contributed by atoms with Crippen molar-refractivity contribution in [1.82, 2.24) is 20.6 Å². The molecule has 1 aromatic carbocycles. The van der Waals surface area contributed by atoms with Crippen molar-refractivity contribution in [1.29, 1.82) is 0 Å². The highest BCUT2D eigenvalue weighted by atomic mass is 16.5.